The van der Waals surface area contributed by atoms with Gasteiger partial charge in [0.1, 0.15) is 11.5 Å². The Morgan fingerprint density at radius 1 is 0.667 bits per heavy atom. The van der Waals surface area contributed by atoms with Crippen LogP contribution in [0.1, 0.15) is 0 Å². The van der Waals surface area contributed by atoms with Crippen molar-refractivity contribution in [2.75, 3.05) is 0 Å². The van der Waals surface area contributed by atoms with E-state index in [0.717, 1.165) is 0 Å². The summed E-state index contributed by atoms with van der Waals surface area (Å²) in [7, 11) is 0. The van der Waals surface area contributed by atoms with Crippen LogP contribution in [0.3, 0.4) is 0 Å². The van der Waals surface area contributed by atoms with Crippen molar-refractivity contribution in [1.29, 1.82) is 0 Å². The minimum absolute atomic E-state index is 0. The van der Waals surface area contributed by atoms with Crippen LogP contribution in [0.4, 0.5) is 11.4 Å². The van der Waals surface area contributed by atoms with Crippen molar-refractivity contribution in [2.24, 2.45) is 0 Å². The summed E-state index contributed by atoms with van der Waals surface area (Å²) in [6.45, 7) is 0. The van der Waals surface area contributed by atoms with E-state index >= 15 is 0 Å². The van der Waals surface area contributed by atoms with Crippen molar-refractivity contribution in [3.05, 3.63) is 68.8 Å². The van der Waals surface area contributed by atoms with Gasteiger partial charge < -0.3 is 10.2 Å². The summed E-state index contributed by atoms with van der Waals surface area (Å²) in [5, 5.41) is 37.5. The Hall–Kier alpha value is -2.39. The molecule has 0 aromatic heterocycles. The van der Waals surface area contributed by atoms with Gasteiger partial charge in [-0.05, 0) is 24.3 Å². The first kappa shape index (κ1) is 18.6. The maximum absolute atomic E-state index is 10.0. The predicted octanol–water partition coefficient (Wildman–Crippen LogP) is 2.22. The number of phenols is 2. The molecule has 0 radical (unpaired) electrons. The molecule has 0 aliphatic carbocycles. The quantitative estimate of drug-likeness (QED) is 0.497. The largest absolute Gasteiger partial charge is 2.00 e. The molecule has 0 heterocycles. The molecule has 0 unspecified atom stereocenters. The van der Waals surface area contributed by atoms with Crippen molar-refractivity contribution in [3.63, 3.8) is 0 Å². The summed E-state index contributed by atoms with van der Waals surface area (Å²) in [5.74, 6) is 0.0659. The number of nitrogens with zero attached hydrogens (tertiary/aromatic N) is 2. The molecule has 0 aliphatic rings. The predicted molar refractivity (Wildman–Crippen MR) is 75.3 cm³/mol. The third-order valence-electron chi connectivity index (χ3n) is 2.12. The van der Waals surface area contributed by atoms with Crippen molar-refractivity contribution < 1.29 is 20.1 Å². The van der Waals surface area contributed by atoms with Gasteiger partial charge in [-0.2, -0.15) is 0 Å². The molecule has 0 aliphatic heterocycles. The molecule has 0 saturated heterocycles. The number of hydrogen-bond donors (Lipinski definition) is 2. The molecule has 2 aromatic carbocycles. The van der Waals surface area contributed by atoms with E-state index in [1.54, 1.807) is 0 Å². The minimum atomic E-state index is -0.514. The van der Waals surface area contributed by atoms with Crippen molar-refractivity contribution in [1.82, 2.24) is 0 Å². The first-order chi connectivity index (χ1) is 9.40. The smallest absolute Gasteiger partial charge is 0.508 e. The Balaban J connectivity index is 0.000000364. The fourth-order valence-electron chi connectivity index (χ4n) is 1.15. The van der Waals surface area contributed by atoms with Crippen LogP contribution in [0.5, 0.6) is 11.5 Å². The van der Waals surface area contributed by atoms with Gasteiger partial charge in [-0.25, -0.2) is 0 Å². The Bertz CT molecular complexity index is 545. The molecule has 21 heavy (non-hydrogen) atoms. The summed E-state index contributed by atoms with van der Waals surface area (Å²) in [5.41, 5.74) is -0.0319. The number of aromatic hydroxyl groups is 2. The second kappa shape index (κ2) is 8.71. The maximum Gasteiger partial charge on any atom is 2.00 e. The van der Waals surface area contributed by atoms with E-state index < -0.39 is 9.85 Å². The Kier molecular flexibility index (Phi) is 7.72. The number of nitro groups is 2. The molecule has 0 spiro atoms. The van der Waals surface area contributed by atoms with E-state index in [1.165, 1.54) is 48.5 Å². The van der Waals surface area contributed by atoms with Gasteiger partial charge in [-0.15, -0.1) is 0 Å². The van der Waals surface area contributed by atoms with Crippen LogP contribution in [0, 0.1) is 20.2 Å². The van der Waals surface area contributed by atoms with E-state index in [4.69, 9.17) is 10.2 Å². The SMILES string of the molecule is O=[N+]([O-])c1ccc(O)cc1.O=[N+]([O-])c1ccc(O)cc1.[Mg+2]. The molecule has 9 heteroatoms. The normalized spacial score (nSPS) is 8.76. The molecule has 0 saturated carbocycles. The number of phenolic OH excluding ortho intramolecular Hbond substituents is 2. The van der Waals surface area contributed by atoms with Crippen molar-refractivity contribution in [2.45, 2.75) is 0 Å². The molecule has 0 fully saturated rings. The third kappa shape index (κ3) is 6.54. The van der Waals surface area contributed by atoms with E-state index in [1.807, 2.05) is 0 Å². The fourth-order valence-corrected chi connectivity index (χ4v) is 1.15. The second-order valence-corrected chi connectivity index (χ2v) is 3.55. The number of benzene rings is 2. The summed E-state index contributed by atoms with van der Waals surface area (Å²) < 4.78 is 0. The van der Waals surface area contributed by atoms with E-state index in [2.05, 4.69) is 0 Å². The molecular formula is C12H10MgN2O6+2. The van der Waals surface area contributed by atoms with Crippen molar-refractivity contribution >= 4 is 34.4 Å². The zero-order chi connectivity index (χ0) is 15.1. The molecule has 2 aromatic rings. The number of rotatable bonds is 2. The van der Waals surface area contributed by atoms with Gasteiger partial charge >= 0.3 is 23.1 Å². The summed E-state index contributed by atoms with van der Waals surface area (Å²) in [6, 6.07) is 10.1. The van der Waals surface area contributed by atoms with Crippen LogP contribution in [0.25, 0.3) is 0 Å². The van der Waals surface area contributed by atoms with Crippen LogP contribution >= 0.6 is 0 Å². The first-order valence-corrected chi connectivity index (χ1v) is 5.27. The minimum Gasteiger partial charge on any atom is -0.508 e. The molecule has 2 rings (SSSR count). The van der Waals surface area contributed by atoms with Gasteiger partial charge in [0.05, 0.1) is 9.85 Å². The molecular weight excluding hydrogens is 292 g/mol. The van der Waals surface area contributed by atoms with Gasteiger partial charge in [-0.3, -0.25) is 20.2 Å². The van der Waals surface area contributed by atoms with E-state index in [0.29, 0.717) is 0 Å². The van der Waals surface area contributed by atoms with Gasteiger partial charge in [0.15, 0.2) is 0 Å². The van der Waals surface area contributed by atoms with Crippen LogP contribution in [0.15, 0.2) is 48.5 Å². The molecule has 0 atom stereocenters. The molecule has 2 N–H and O–H groups in total. The Labute approximate surface area is 135 Å². The van der Waals surface area contributed by atoms with Gasteiger partial charge in [-0.1, -0.05) is 0 Å². The standard InChI is InChI=1S/2C6H5NO3.Mg/c2*8-6-3-1-5(2-4-6)7(9)10;/h2*1-4,8H;/q;;+2. The van der Waals surface area contributed by atoms with Crippen LogP contribution in [-0.2, 0) is 0 Å². The molecule has 8 nitrogen and oxygen atoms in total. The number of non-ortho nitro benzene ring substituents is 2. The van der Waals surface area contributed by atoms with Crippen LogP contribution in [-0.4, -0.2) is 43.1 Å². The van der Waals surface area contributed by atoms with Gasteiger partial charge in [0, 0.05) is 24.3 Å². The van der Waals surface area contributed by atoms with E-state index in [-0.39, 0.29) is 45.9 Å². The summed E-state index contributed by atoms with van der Waals surface area (Å²) >= 11 is 0. The number of hydrogen-bond acceptors (Lipinski definition) is 6. The zero-order valence-corrected chi connectivity index (χ0v) is 12.2. The average Bonchev–Trinajstić information content (AvgIpc) is 2.40. The Morgan fingerprint density at radius 2 is 0.905 bits per heavy atom. The topological polar surface area (TPSA) is 127 Å². The monoisotopic (exact) mass is 302 g/mol. The number of nitro benzene ring substituents is 2. The average molecular weight is 303 g/mol. The van der Waals surface area contributed by atoms with Crippen LogP contribution < -0.4 is 0 Å². The van der Waals surface area contributed by atoms with Gasteiger partial charge in [0.25, 0.3) is 11.4 Å². The van der Waals surface area contributed by atoms with Crippen molar-refractivity contribution in [3.8, 4) is 11.5 Å². The first-order valence-electron chi connectivity index (χ1n) is 5.27. The van der Waals surface area contributed by atoms with Crippen LogP contribution in [0.2, 0.25) is 0 Å². The van der Waals surface area contributed by atoms with E-state index in [9.17, 15) is 20.2 Å². The maximum atomic E-state index is 10.0. The summed E-state index contributed by atoms with van der Waals surface area (Å²) in [4.78, 5) is 19.0. The molecule has 0 bridgehead atoms. The summed E-state index contributed by atoms with van der Waals surface area (Å²) in [6.07, 6.45) is 0. The Morgan fingerprint density at radius 3 is 1.10 bits per heavy atom. The molecule has 104 valence electrons. The molecule has 0 amide bonds. The third-order valence-corrected chi connectivity index (χ3v) is 2.12. The zero-order valence-electron chi connectivity index (χ0n) is 10.7. The second-order valence-electron chi connectivity index (χ2n) is 3.55. The fraction of sp³-hybridized carbons (Fsp3) is 0. The van der Waals surface area contributed by atoms with Gasteiger partial charge in [0.2, 0.25) is 0 Å².